The van der Waals surface area contributed by atoms with Crippen molar-refractivity contribution in [1.29, 1.82) is 0 Å². The van der Waals surface area contributed by atoms with Gasteiger partial charge in [0.1, 0.15) is 5.82 Å². The Morgan fingerprint density at radius 1 is 1.25 bits per heavy atom. The smallest absolute Gasteiger partial charge is 0.148 e. The summed E-state index contributed by atoms with van der Waals surface area (Å²) in [5.74, 6) is -0.362. The number of halogens is 3. The molecule has 0 aromatic heterocycles. The molecule has 1 aromatic rings. The van der Waals surface area contributed by atoms with E-state index < -0.39 is 0 Å². The lowest BCUT2D eigenvalue weighted by molar-refractivity contribution is 0.160. The highest BCUT2D eigenvalue weighted by Crippen LogP contribution is 2.36. The van der Waals surface area contributed by atoms with Gasteiger partial charge in [-0.2, -0.15) is 0 Å². The Morgan fingerprint density at radius 3 is 2.55 bits per heavy atom. The first-order chi connectivity index (χ1) is 9.65. The summed E-state index contributed by atoms with van der Waals surface area (Å²) in [5, 5.41) is 3.96. The molecule has 0 amide bonds. The second-order valence-electron chi connectivity index (χ2n) is 5.20. The van der Waals surface area contributed by atoms with Crippen molar-refractivity contribution in [2.45, 2.75) is 32.2 Å². The van der Waals surface area contributed by atoms with Gasteiger partial charge in [0.05, 0.1) is 5.02 Å². The van der Waals surface area contributed by atoms with Gasteiger partial charge in [0.2, 0.25) is 0 Å². The van der Waals surface area contributed by atoms with Crippen LogP contribution in [0.15, 0.2) is 12.1 Å². The maximum Gasteiger partial charge on any atom is 0.148 e. The Balaban J connectivity index is 2.32. The minimum absolute atomic E-state index is 0.0169. The second-order valence-corrected chi connectivity index (χ2v) is 6.02. The Kier molecular flexibility index (Phi) is 6.09. The highest BCUT2D eigenvalue weighted by molar-refractivity contribution is 6.33. The maximum absolute atomic E-state index is 14.4. The van der Waals surface area contributed by atoms with Crippen molar-refractivity contribution in [3.8, 4) is 0 Å². The molecular weight excluding hydrogens is 298 g/mol. The molecule has 1 aliphatic heterocycles. The van der Waals surface area contributed by atoms with Crippen LogP contribution in [0.2, 0.25) is 10.0 Å². The summed E-state index contributed by atoms with van der Waals surface area (Å²) in [6, 6.07) is 3.24. The number of hydrogen-bond acceptors (Lipinski definition) is 2. The minimum Gasteiger partial charge on any atom is -0.314 e. The summed E-state index contributed by atoms with van der Waals surface area (Å²) in [4.78, 5) is 2.31. The molecule has 0 unspecified atom stereocenters. The monoisotopic (exact) mass is 318 g/mol. The summed E-state index contributed by atoms with van der Waals surface area (Å²) in [7, 11) is 0. The molecule has 0 bridgehead atoms. The molecule has 20 heavy (non-hydrogen) atoms. The molecule has 0 saturated carbocycles. The Labute approximate surface area is 130 Å². The van der Waals surface area contributed by atoms with E-state index in [1.807, 2.05) is 0 Å². The summed E-state index contributed by atoms with van der Waals surface area (Å²) in [6.45, 7) is 5.84. The third kappa shape index (κ3) is 3.64. The predicted octanol–water partition coefficient (Wildman–Crippen LogP) is 4.27. The number of hydrogen-bond donors (Lipinski definition) is 1. The minimum atomic E-state index is -0.362. The van der Waals surface area contributed by atoms with Crippen LogP contribution in [-0.2, 0) is 0 Å². The van der Waals surface area contributed by atoms with Crippen molar-refractivity contribution in [2.24, 2.45) is 0 Å². The molecule has 112 valence electrons. The molecule has 1 saturated heterocycles. The zero-order chi connectivity index (χ0) is 14.5. The predicted molar refractivity (Wildman–Crippen MR) is 83.1 cm³/mol. The van der Waals surface area contributed by atoms with Crippen LogP contribution in [0.1, 0.15) is 37.8 Å². The van der Waals surface area contributed by atoms with Crippen LogP contribution in [0.4, 0.5) is 4.39 Å². The van der Waals surface area contributed by atoms with Gasteiger partial charge >= 0.3 is 0 Å². The van der Waals surface area contributed by atoms with Crippen LogP contribution in [0.5, 0.6) is 0 Å². The fourth-order valence-electron chi connectivity index (χ4n) is 2.75. The largest absolute Gasteiger partial charge is 0.314 e. The lowest BCUT2D eigenvalue weighted by Crippen LogP contribution is -2.45. The lowest BCUT2D eigenvalue weighted by Gasteiger charge is -2.36. The third-order valence-corrected chi connectivity index (χ3v) is 4.46. The molecule has 2 rings (SSSR count). The van der Waals surface area contributed by atoms with Crippen LogP contribution in [0, 0.1) is 5.82 Å². The van der Waals surface area contributed by atoms with Gasteiger partial charge in [-0.05, 0) is 18.6 Å². The van der Waals surface area contributed by atoms with E-state index in [0.29, 0.717) is 10.6 Å². The van der Waals surface area contributed by atoms with E-state index in [0.717, 1.165) is 45.4 Å². The number of unbranched alkanes of at least 4 members (excludes halogenated alkanes) is 1. The Morgan fingerprint density at radius 2 is 1.90 bits per heavy atom. The molecule has 2 nitrogen and oxygen atoms in total. The van der Waals surface area contributed by atoms with Crippen molar-refractivity contribution >= 4 is 23.2 Å². The number of piperazine rings is 1. The van der Waals surface area contributed by atoms with Gasteiger partial charge in [-0.15, -0.1) is 0 Å². The number of nitrogens with one attached hydrogen (secondary N) is 1. The van der Waals surface area contributed by atoms with E-state index in [-0.39, 0.29) is 16.9 Å². The average Bonchev–Trinajstić information content (AvgIpc) is 2.47. The van der Waals surface area contributed by atoms with E-state index in [9.17, 15) is 4.39 Å². The summed E-state index contributed by atoms with van der Waals surface area (Å²) in [5.41, 5.74) is 0.564. The van der Waals surface area contributed by atoms with E-state index in [2.05, 4.69) is 17.1 Å². The standard InChI is InChI=1S/C15H21Cl2FN2/c1-2-3-4-13(20-9-7-19-8-10-20)14-11(16)5-6-12(17)15(14)18/h5-6,13,19H,2-4,7-10H2,1H3/t13-/m0/s1. The average molecular weight is 319 g/mol. The van der Waals surface area contributed by atoms with Crippen molar-refractivity contribution in [3.05, 3.63) is 33.6 Å². The van der Waals surface area contributed by atoms with E-state index >= 15 is 0 Å². The molecule has 0 spiro atoms. The number of benzene rings is 1. The van der Waals surface area contributed by atoms with E-state index in [4.69, 9.17) is 23.2 Å². The molecule has 1 aliphatic rings. The second kappa shape index (κ2) is 7.60. The normalized spacial score (nSPS) is 18.2. The van der Waals surface area contributed by atoms with Crippen LogP contribution in [0.3, 0.4) is 0 Å². The van der Waals surface area contributed by atoms with Gasteiger partial charge in [0.25, 0.3) is 0 Å². The van der Waals surface area contributed by atoms with Crippen LogP contribution in [-0.4, -0.2) is 31.1 Å². The quantitative estimate of drug-likeness (QED) is 0.816. The van der Waals surface area contributed by atoms with Crippen molar-refractivity contribution in [2.75, 3.05) is 26.2 Å². The van der Waals surface area contributed by atoms with Gasteiger partial charge in [-0.3, -0.25) is 4.90 Å². The first-order valence-electron chi connectivity index (χ1n) is 7.23. The molecule has 1 N–H and O–H groups in total. The van der Waals surface area contributed by atoms with Crippen molar-refractivity contribution < 1.29 is 4.39 Å². The van der Waals surface area contributed by atoms with Crippen molar-refractivity contribution in [3.63, 3.8) is 0 Å². The van der Waals surface area contributed by atoms with Gasteiger partial charge < -0.3 is 5.32 Å². The van der Waals surface area contributed by atoms with E-state index in [1.54, 1.807) is 6.07 Å². The molecule has 1 atom stereocenters. The molecule has 0 radical (unpaired) electrons. The first-order valence-corrected chi connectivity index (χ1v) is 7.99. The maximum atomic E-state index is 14.4. The zero-order valence-electron chi connectivity index (χ0n) is 11.8. The van der Waals surface area contributed by atoms with Gasteiger partial charge in [-0.25, -0.2) is 4.39 Å². The molecule has 1 aromatic carbocycles. The summed E-state index contributed by atoms with van der Waals surface area (Å²) < 4.78 is 14.4. The van der Waals surface area contributed by atoms with Gasteiger partial charge in [0.15, 0.2) is 0 Å². The van der Waals surface area contributed by atoms with E-state index in [1.165, 1.54) is 6.07 Å². The summed E-state index contributed by atoms with van der Waals surface area (Å²) in [6.07, 6.45) is 3.05. The Bertz CT molecular complexity index is 448. The highest BCUT2D eigenvalue weighted by Gasteiger charge is 2.27. The first kappa shape index (κ1) is 16.0. The SMILES string of the molecule is CCCC[C@@H](c1c(Cl)ccc(Cl)c1F)N1CCNCC1. The van der Waals surface area contributed by atoms with Crippen LogP contribution >= 0.6 is 23.2 Å². The summed E-state index contributed by atoms with van der Waals surface area (Å²) >= 11 is 12.2. The fourth-order valence-corrected chi connectivity index (χ4v) is 3.19. The van der Waals surface area contributed by atoms with Gasteiger partial charge in [-0.1, -0.05) is 43.0 Å². The molecule has 5 heteroatoms. The molecule has 1 fully saturated rings. The van der Waals surface area contributed by atoms with Crippen LogP contribution in [0.25, 0.3) is 0 Å². The molecular formula is C15H21Cl2FN2. The van der Waals surface area contributed by atoms with Crippen molar-refractivity contribution in [1.82, 2.24) is 10.2 Å². The zero-order valence-corrected chi connectivity index (χ0v) is 13.3. The number of nitrogens with zero attached hydrogens (tertiary/aromatic N) is 1. The topological polar surface area (TPSA) is 15.3 Å². The lowest BCUT2D eigenvalue weighted by atomic mass is 9.98. The Hall–Kier alpha value is -0.350. The molecule has 0 aliphatic carbocycles. The van der Waals surface area contributed by atoms with Crippen LogP contribution < -0.4 is 5.32 Å². The molecule has 1 heterocycles. The highest BCUT2D eigenvalue weighted by atomic mass is 35.5. The third-order valence-electron chi connectivity index (χ3n) is 3.84. The fraction of sp³-hybridized carbons (Fsp3) is 0.600. The number of rotatable bonds is 5. The van der Waals surface area contributed by atoms with Gasteiger partial charge in [0, 0.05) is 42.8 Å².